The fourth-order valence-corrected chi connectivity index (χ4v) is 1.36. The lowest BCUT2D eigenvalue weighted by molar-refractivity contribution is 0.615. The second kappa shape index (κ2) is 2.78. The van der Waals surface area contributed by atoms with E-state index >= 15 is 0 Å². The van der Waals surface area contributed by atoms with E-state index in [-0.39, 0.29) is 4.91 Å². The summed E-state index contributed by atoms with van der Waals surface area (Å²) in [5, 5.41) is 0. The van der Waals surface area contributed by atoms with Crippen molar-refractivity contribution in [2.75, 3.05) is 0 Å². The summed E-state index contributed by atoms with van der Waals surface area (Å²) in [5.74, 6) is 0. The Morgan fingerprint density at radius 3 is 2.45 bits per heavy atom. The molecule has 1 aliphatic carbocycles. The van der Waals surface area contributed by atoms with E-state index in [1.807, 2.05) is 6.92 Å². The molecule has 0 aromatic rings. The standard InChI is InChI=1S/C7H6ClO2S/c1-6-2-4-7(5-3-6)11(8,9)10/h2-4H,1H3/q+1. The minimum Gasteiger partial charge on any atom is -0.204 e. The number of allylic oxidation sites excluding steroid dienone is 5. The Bertz CT molecular complexity index is 347. The predicted molar refractivity (Wildman–Crippen MR) is 44.4 cm³/mol. The maximum Gasteiger partial charge on any atom is 0.295 e. The van der Waals surface area contributed by atoms with Gasteiger partial charge in [-0.2, -0.15) is 0 Å². The molecule has 0 aromatic carbocycles. The summed E-state index contributed by atoms with van der Waals surface area (Å²) in [6.07, 6.45) is 7.24. The molecule has 0 aromatic heterocycles. The van der Waals surface area contributed by atoms with Crippen LogP contribution in [0.2, 0.25) is 0 Å². The second-order valence-corrected chi connectivity index (χ2v) is 4.70. The van der Waals surface area contributed by atoms with E-state index in [4.69, 9.17) is 10.7 Å². The maximum absolute atomic E-state index is 10.7. The quantitative estimate of drug-likeness (QED) is 0.465. The van der Waals surface area contributed by atoms with Gasteiger partial charge in [0.1, 0.15) is 6.08 Å². The molecule has 4 heteroatoms. The van der Waals surface area contributed by atoms with Crippen LogP contribution in [0.4, 0.5) is 0 Å². The Kier molecular flexibility index (Phi) is 2.14. The first-order valence-corrected chi connectivity index (χ1v) is 5.24. The molecule has 0 fully saturated rings. The van der Waals surface area contributed by atoms with E-state index in [1.165, 1.54) is 6.08 Å². The number of hydrogen-bond donors (Lipinski definition) is 0. The van der Waals surface area contributed by atoms with E-state index in [0.29, 0.717) is 0 Å². The lowest BCUT2D eigenvalue weighted by Gasteiger charge is -1.90. The molecule has 0 atom stereocenters. The van der Waals surface area contributed by atoms with Gasteiger partial charge in [0, 0.05) is 17.6 Å². The number of hydrogen-bond acceptors (Lipinski definition) is 2. The van der Waals surface area contributed by atoms with Gasteiger partial charge in [0.05, 0.1) is 23.8 Å². The largest absolute Gasteiger partial charge is 0.295 e. The third kappa shape index (κ3) is 2.15. The van der Waals surface area contributed by atoms with Gasteiger partial charge in [-0.1, -0.05) is 0 Å². The van der Waals surface area contributed by atoms with Crippen molar-refractivity contribution in [3.05, 3.63) is 34.8 Å². The van der Waals surface area contributed by atoms with Crippen molar-refractivity contribution in [3.63, 3.8) is 0 Å². The van der Waals surface area contributed by atoms with Crippen molar-refractivity contribution in [3.8, 4) is 0 Å². The highest BCUT2D eigenvalue weighted by Gasteiger charge is 2.19. The molecule has 0 amide bonds. The molecule has 1 aliphatic rings. The van der Waals surface area contributed by atoms with Crippen molar-refractivity contribution in [2.24, 2.45) is 0 Å². The van der Waals surface area contributed by atoms with Gasteiger partial charge in [-0.25, -0.2) is 8.42 Å². The van der Waals surface area contributed by atoms with Crippen molar-refractivity contribution in [1.82, 2.24) is 0 Å². The van der Waals surface area contributed by atoms with Gasteiger partial charge in [0.15, 0.2) is 0 Å². The van der Waals surface area contributed by atoms with Crippen molar-refractivity contribution >= 4 is 19.7 Å². The van der Waals surface area contributed by atoms with E-state index < -0.39 is 9.05 Å². The summed E-state index contributed by atoms with van der Waals surface area (Å²) in [5.41, 5.74) is 0.953. The molecule has 0 radical (unpaired) electrons. The van der Waals surface area contributed by atoms with Gasteiger partial charge in [0.25, 0.3) is 9.05 Å². The molecule has 0 spiro atoms. The van der Waals surface area contributed by atoms with Crippen LogP contribution < -0.4 is 0 Å². The molecule has 0 aliphatic heterocycles. The molecule has 0 N–H and O–H groups in total. The highest BCUT2D eigenvalue weighted by atomic mass is 35.7. The zero-order valence-corrected chi connectivity index (χ0v) is 7.41. The summed E-state index contributed by atoms with van der Waals surface area (Å²) >= 11 is 0. The second-order valence-electron chi connectivity index (χ2n) is 2.17. The van der Waals surface area contributed by atoms with E-state index in [9.17, 15) is 8.42 Å². The smallest absolute Gasteiger partial charge is 0.204 e. The molecular formula is C7H6ClO2S+. The van der Waals surface area contributed by atoms with Crippen LogP contribution >= 0.6 is 10.7 Å². The molecule has 11 heavy (non-hydrogen) atoms. The van der Waals surface area contributed by atoms with Crippen LogP contribution in [0.1, 0.15) is 6.92 Å². The molecule has 58 valence electrons. The van der Waals surface area contributed by atoms with Crippen molar-refractivity contribution < 1.29 is 8.42 Å². The van der Waals surface area contributed by atoms with Crippen LogP contribution in [-0.4, -0.2) is 8.42 Å². The highest BCUT2D eigenvalue weighted by molar-refractivity contribution is 8.16. The van der Waals surface area contributed by atoms with Crippen LogP contribution in [0.15, 0.2) is 28.7 Å². The Morgan fingerprint density at radius 2 is 2.09 bits per heavy atom. The van der Waals surface area contributed by atoms with Gasteiger partial charge >= 0.3 is 0 Å². The van der Waals surface area contributed by atoms with E-state index in [0.717, 1.165) is 5.57 Å². The summed E-state index contributed by atoms with van der Waals surface area (Å²) in [4.78, 5) is 0.0183. The molecule has 0 saturated heterocycles. The first-order valence-electron chi connectivity index (χ1n) is 2.93. The van der Waals surface area contributed by atoms with Crippen LogP contribution in [0.3, 0.4) is 0 Å². The third-order valence-electron chi connectivity index (χ3n) is 1.20. The van der Waals surface area contributed by atoms with Crippen molar-refractivity contribution in [2.45, 2.75) is 6.92 Å². The third-order valence-corrected chi connectivity index (χ3v) is 2.48. The molecular weight excluding hydrogens is 184 g/mol. The topological polar surface area (TPSA) is 34.1 Å². The van der Waals surface area contributed by atoms with E-state index in [1.54, 1.807) is 12.2 Å². The minimum absolute atomic E-state index is 0.0183. The molecule has 0 saturated carbocycles. The molecule has 2 nitrogen and oxygen atoms in total. The van der Waals surface area contributed by atoms with Gasteiger partial charge in [-0.15, -0.1) is 0 Å². The first kappa shape index (κ1) is 8.47. The molecule has 0 bridgehead atoms. The minimum atomic E-state index is -3.60. The fraction of sp³-hybridized carbons (Fsp3) is 0.143. The van der Waals surface area contributed by atoms with Crippen LogP contribution in [0.25, 0.3) is 0 Å². The van der Waals surface area contributed by atoms with Gasteiger partial charge < -0.3 is 0 Å². The Hall–Kier alpha value is -0.630. The SMILES string of the molecule is CC1=C[C+]=C(S(=O)(=O)Cl)C=C1. The first-order chi connectivity index (χ1) is 5.00. The molecule has 0 unspecified atom stereocenters. The lowest BCUT2D eigenvalue weighted by Crippen LogP contribution is -1.93. The fourth-order valence-electron chi connectivity index (χ4n) is 0.640. The normalized spacial score (nSPS) is 16.9. The molecule has 1 rings (SSSR count). The van der Waals surface area contributed by atoms with Crippen molar-refractivity contribution in [1.29, 1.82) is 0 Å². The Labute approximate surface area is 70.3 Å². The zero-order chi connectivity index (χ0) is 8.48. The average Bonchev–Trinajstić information content (AvgIpc) is 1.86. The van der Waals surface area contributed by atoms with Crippen LogP contribution in [-0.2, 0) is 9.05 Å². The monoisotopic (exact) mass is 189 g/mol. The molecule has 0 heterocycles. The zero-order valence-electron chi connectivity index (χ0n) is 5.83. The predicted octanol–water partition coefficient (Wildman–Crippen LogP) is 1.76. The van der Waals surface area contributed by atoms with Gasteiger partial charge in [-0.3, -0.25) is 0 Å². The average molecular weight is 190 g/mol. The van der Waals surface area contributed by atoms with Crippen LogP contribution in [0.5, 0.6) is 0 Å². The maximum atomic E-state index is 10.7. The summed E-state index contributed by atoms with van der Waals surface area (Å²) in [6.45, 7) is 1.85. The summed E-state index contributed by atoms with van der Waals surface area (Å²) in [6, 6.07) is 0. The highest BCUT2D eigenvalue weighted by Crippen LogP contribution is 2.17. The lowest BCUT2D eigenvalue weighted by atomic mass is 10.2. The Morgan fingerprint density at radius 1 is 1.45 bits per heavy atom. The van der Waals surface area contributed by atoms with Gasteiger partial charge in [0.2, 0.25) is 4.91 Å². The summed E-state index contributed by atoms with van der Waals surface area (Å²) < 4.78 is 21.4. The number of halogens is 1. The number of rotatable bonds is 1. The van der Waals surface area contributed by atoms with Crippen LogP contribution in [0, 0.1) is 6.08 Å². The van der Waals surface area contributed by atoms with E-state index in [2.05, 4.69) is 6.08 Å². The Balaban J connectivity index is 3.08. The summed E-state index contributed by atoms with van der Waals surface area (Å²) in [7, 11) is 1.45. The van der Waals surface area contributed by atoms with Gasteiger partial charge in [-0.05, 0) is 0 Å².